The van der Waals surface area contributed by atoms with Crippen LogP contribution in [0.5, 0.6) is 0 Å². The van der Waals surface area contributed by atoms with E-state index in [0.29, 0.717) is 0 Å². The Morgan fingerprint density at radius 2 is 1.45 bits per heavy atom. The van der Waals surface area contributed by atoms with Gasteiger partial charge in [0.1, 0.15) is 0 Å². The highest BCUT2D eigenvalue weighted by molar-refractivity contribution is 5.89. The van der Waals surface area contributed by atoms with Crippen molar-refractivity contribution in [1.29, 1.82) is 0 Å². The first-order valence-electron chi connectivity index (χ1n) is 6.77. The van der Waals surface area contributed by atoms with Crippen LogP contribution >= 0.6 is 0 Å². The monoisotopic (exact) mass is 266 g/mol. The average Bonchev–Trinajstić information content (AvgIpc) is 3.17. The Labute approximate surface area is 118 Å². The minimum atomic E-state index is -0.496. The van der Waals surface area contributed by atoms with Crippen LogP contribution in [-0.4, -0.2) is 5.91 Å². The highest BCUT2D eigenvalue weighted by atomic mass is 16.2. The van der Waals surface area contributed by atoms with E-state index < -0.39 is 5.41 Å². The fourth-order valence-electron chi connectivity index (χ4n) is 3.37. The van der Waals surface area contributed by atoms with Crippen molar-refractivity contribution >= 4 is 5.91 Å². The Morgan fingerprint density at radius 3 is 1.85 bits per heavy atom. The number of amides is 1. The fraction of sp³-hybridized carbons (Fsp3) is 0.235. The molecule has 3 heteroatoms. The van der Waals surface area contributed by atoms with Crippen LogP contribution in [-0.2, 0) is 10.2 Å². The molecule has 1 amide bonds. The molecule has 2 aromatic rings. The number of nitrogens with two attached hydrogens (primary N) is 1. The first kappa shape index (κ1) is 12.9. The highest BCUT2D eigenvalue weighted by Gasteiger charge is 2.70. The normalized spacial score (nSPS) is 23.1. The zero-order valence-electron chi connectivity index (χ0n) is 11.5. The van der Waals surface area contributed by atoms with Crippen molar-refractivity contribution in [3.8, 4) is 0 Å². The lowest BCUT2D eigenvalue weighted by molar-refractivity contribution is -0.126. The first-order chi connectivity index (χ1) is 9.65. The van der Waals surface area contributed by atoms with Crippen LogP contribution in [0.4, 0.5) is 0 Å². The molecule has 0 radical (unpaired) electrons. The van der Waals surface area contributed by atoms with E-state index in [1.807, 2.05) is 43.3 Å². The second-order valence-electron chi connectivity index (χ2n) is 5.62. The number of carbonyl (C=O) groups excluding carboxylic acids is 1. The maximum atomic E-state index is 12.2. The van der Waals surface area contributed by atoms with Gasteiger partial charge in [0.15, 0.2) is 0 Å². The maximum Gasteiger partial charge on any atom is 0.241 e. The molecule has 0 unspecified atom stereocenters. The Morgan fingerprint density at radius 1 is 1.00 bits per heavy atom. The molecule has 1 aliphatic rings. The lowest BCUT2D eigenvalue weighted by atomic mass is 9.80. The molecule has 0 aromatic heterocycles. The van der Waals surface area contributed by atoms with Crippen molar-refractivity contribution in [1.82, 2.24) is 5.43 Å². The second-order valence-corrected chi connectivity index (χ2v) is 5.62. The molecule has 102 valence electrons. The molecule has 1 atom stereocenters. The Kier molecular flexibility index (Phi) is 2.87. The van der Waals surface area contributed by atoms with Gasteiger partial charge in [-0.25, -0.2) is 5.84 Å². The molecule has 0 spiro atoms. The van der Waals surface area contributed by atoms with E-state index >= 15 is 0 Å². The smallest absolute Gasteiger partial charge is 0.241 e. The third-order valence-electron chi connectivity index (χ3n) is 4.60. The summed E-state index contributed by atoms with van der Waals surface area (Å²) in [6.07, 6.45) is 0.775. The standard InChI is InChI=1S/C17H18N2O/c1-16(15(20)19-18)12-17(16,13-8-4-2-5-9-13)14-10-6-3-7-11-14/h2-11H,12,18H2,1H3,(H,19,20)/t16-/m1/s1. The van der Waals surface area contributed by atoms with Crippen molar-refractivity contribution in [2.75, 3.05) is 0 Å². The average molecular weight is 266 g/mol. The van der Waals surface area contributed by atoms with Crippen molar-refractivity contribution in [2.24, 2.45) is 11.3 Å². The van der Waals surface area contributed by atoms with E-state index in [1.54, 1.807) is 0 Å². The molecular weight excluding hydrogens is 248 g/mol. The summed E-state index contributed by atoms with van der Waals surface area (Å²) in [5.41, 5.74) is 3.88. The summed E-state index contributed by atoms with van der Waals surface area (Å²) >= 11 is 0. The molecule has 1 saturated carbocycles. The summed E-state index contributed by atoms with van der Waals surface area (Å²) in [7, 11) is 0. The zero-order valence-corrected chi connectivity index (χ0v) is 11.5. The van der Waals surface area contributed by atoms with Crippen LogP contribution < -0.4 is 11.3 Å². The van der Waals surface area contributed by atoms with Gasteiger partial charge in [0.2, 0.25) is 5.91 Å². The lowest BCUT2D eigenvalue weighted by Gasteiger charge is -2.23. The van der Waals surface area contributed by atoms with Crippen LogP contribution in [0.15, 0.2) is 60.7 Å². The molecule has 1 aliphatic carbocycles. The third kappa shape index (κ3) is 1.60. The van der Waals surface area contributed by atoms with Gasteiger partial charge in [0, 0.05) is 5.41 Å². The summed E-state index contributed by atoms with van der Waals surface area (Å²) in [5.74, 6) is 5.27. The number of carbonyl (C=O) groups is 1. The van der Waals surface area contributed by atoms with Crippen LogP contribution in [0.2, 0.25) is 0 Å². The van der Waals surface area contributed by atoms with Crippen molar-refractivity contribution < 1.29 is 4.79 Å². The van der Waals surface area contributed by atoms with Gasteiger partial charge in [-0.05, 0) is 24.5 Å². The zero-order chi connectivity index (χ0) is 14.2. The topological polar surface area (TPSA) is 55.1 Å². The molecule has 1 fully saturated rings. The van der Waals surface area contributed by atoms with Crippen LogP contribution in [0.3, 0.4) is 0 Å². The minimum absolute atomic E-state index is 0.106. The molecule has 2 aromatic carbocycles. The van der Waals surface area contributed by atoms with E-state index in [0.717, 1.165) is 17.5 Å². The molecule has 20 heavy (non-hydrogen) atoms. The summed E-state index contributed by atoms with van der Waals surface area (Å²) < 4.78 is 0. The van der Waals surface area contributed by atoms with E-state index in [-0.39, 0.29) is 11.3 Å². The first-order valence-corrected chi connectivity index (χ1v) is 6.77. The number of hydrogen-bond acceptors (Lipinski definition) is 2. The van der Waals surface area contributed by atoms with Gasteiger partial charge >= 0.3 is 0 Å². The number of hydrazine groups is 1. The second kappa shape index (κ2) is 4.46. The maximum absolute atomic E-state index is 12.2. The molecule has 0 saturated heterocycles. The largest absolute Gasteiger partial charge is 0.294 e. The van der Waals surface area contributed by atoms with Crippen molar-refractivity contribution in [3.63, 3.8) is 0 Å². The molecular formula is C17H18N2O. The quantitative estimate of drug-likeness (QED) is 0.509. The predicted octanol–water partition coefficient (Wildman–Crippen LogP) is 2.37. The molecule has 0 bridgehead atoms. The summed E-state index contributed by atoms with van der Waals surface area (Å²) in [4.78, 5) is 12.2. The SMILES string of the molecule is C[C@]1(C(=O)NN)CC1(c1ccccc1)c1ccccc1. The summed E-state index contributed by atoms with van der Waals surface area (Å²) in [6, 6.07) is 20.4. The number of benzene rings is 2. The highest BCUT2D eigenvalue weighted by Crippen LogP contribution is 2.68. The van der Waals surface area contributed by atoms with Crippen molar-refractivity contribution in [3.05, 3.63) is 71.8 Å². The van der Waals surface area contributed by atoms with Gasteiger partial charge < -0.3 is 0 Å². The molecule has 0 aliphatic heterocycles. The van der Waals surface area contributed by atoms with Crippen LogP contribution in [0.1, 0.15) is 24.5 Å². The summed E-state index contributed by atoms with van der Waals surface area (Å²) in [5, 5.41) is 0. The fourth-order valence-corrected chi connectivity index (χ4v) is 3.37. The predicted molar refractivity (Wildman–Crippen MR) is 78.7 cm³/mol. The van der Waals surface area contributed by atoms with Gasteiger partial charge in [-0.15, -0.1) is 0 Å². The summed E-state index contributed by atoms with van der Waals surface area (Å²) in [6.45, 7) is 1.98. The Hall–Kier alpha value is -2.13. The lowest BCUT2D eigenvalue weighted by Crippen LogP contribution is -2.39. The van der Waals surface area contributed by atoms with Gasteiger partial charge in [-0.3, -0.25) is 10.2 Å². The van der Waals surface area contributed by atoms with Gasteiger partial charge in [0.25, 0.3) is 0 Å². The van der Waals surface area contributed by atoms with E-state index in [1.165, 1.54) is 0 Å². The molecule has 3 rings (SSSR count). The molecule has 3 N–H and O–H groups in total. The Balaban J connectivity index is 2.15. The number of rotatable bonds is 3. The number of nitrogens with one attached hydrogen (secondary N) is 1. The third-order valence-corrected chi connectivity index (χ3v) is 4.60. The van der Waals surface area contributed by atoms with E-state index in [4.69, 9.17) is 5.84 Å². The van der Waals surface area contributed by atoms with Gasteiger partial charge in [-0.2, -0.15) is 0 Å². The van der Waals surface area contributed by atoms with E-state index in [2.05, 4.69) is 29.7 Å². The van der Waals surface area contributed by atoms with E-state index in [9.17, 15) is 4.79 Å². The van der Waals surface area contributed by atoms with Gasteiger partial charge in [0.05, 0.1) is 5.41 Å². The molecule has 0 heterocycles. The minimum Gasteiger partial charge on any atom is -0.294 e. The van der Waals surface area contributed by atoms with Crippen LogP contribution in [0.25, 0.3) is 0 Å². The van der Waals surface area contributed by atoms with Crippen LogP contribution in [0, 0.1) is 5.41 Å². The van der Waals surface area contributed by atoms with Gasteiger partial charge in [-0.1, -0.05) is 60.7 Å². The number of hydrogen-bond donors (Lipinski definition) is 2. The van der Waals surface area contributed by atoms with Crippen molar-refractivity contribution in [2.45, 2.75) is 18.8 Å². The Bertz CT molecular complexity index is 584. The molecule has 3 nitrogen and oxygen atoms in total.